The number of thiazole rings is 1. The van der Waals surface area contributed by atoms with Crippen LogP contribution in [-0.2, 0) is 0 Å². The van der Waals surface area contributed by atoms with Gasteiger partial charge in [0.2, 0.25) is 4.38 Å². The molecule has 2 aromatic rings. The van der Waals surface area contributed by atoms with Crippen LogP contribution in [0.25, 0.3) is 0 Å². The third kappa shape index (κ3) is 3.82. The van der Waals surface area contributed by atoms with Gasteiger partial charge in [0.25, 0.3) is 0 Å². The summed E-state index contributed by atoms with van der Waals surface area (Å²) < 4.78 is 6.92. The molecular formula is C10H5Cl2NOS3. The Morgan fingerprint density at radius 1 is 1.29 bits per heavy atom. The average molecular weight is 322 g/mol. The van der Waals surface area contributed by atoms with Crippen molar-refractivity contribution in [2.75, 3.05) is 0 Å². The van der Waals surface area contributed by atoms with Crippen LogP contribution < -0.4 is 4.74 Å². The lowest BCUT2D eigenvalue weighted by Crippen LogP contribution is -1.99. The molecule has 0 radical (unpaired) electrons. The number of rotatable bonds is 2. The lowest BCUT2D eigenvalue weighted by atomic mass is 10.3. The van der Waals surface area contributed by atoms with Crippen molar-refractivity contribution in [1.82, 2.24) is 4.98 Å². The summed E-state index contributed by atoms with van der Waals surface area (Å²) in [4.78, 5) is 4.04. The highest BCUT2D eigenvalue weighted by Gasteiger charge is 2.11. The highest BCUT2D eigenvalue weighted by Crippen LogP contribution is 2.34. The van der Waals surface area contributed by atoms with Gasteiger partial charge in [0.05, 0.1) is 0 Å². The van der Waals surface area contributed by atoms with E-state index in [-0.39, 0.29) is 0 Å². The number of halogens is 2. The van der Waals surface area contributed by atoms with E-state index >= 15 is 0 Å². The van der Waals surface area contributed by atoms with Crippen LogP contribution in [0.2, 0.25) is 9.49 Å². The Balaban J connectivity index is 1.98. The normalized spacial score (nSPS) is 10.2. The monoisotopic (exact) mass is 321 g/mol. The lowest BCUT2D eigenvalue weighted by Gasteiger charge is -2.03. The van der Waals surface area contributed by atoms with Gasteiger partial charge in [0, 0.05) is 0 Å². The average Bonchev–Trinajstić information content (AvgIpc) is 2.59. The Labute approximate surface area is 122 Å². The summed E-state index contributed by atoms with van der Waals surface area (Å²) in [6.45, 7) is 0. The predicted octanol–water partition coefficient (Wildman–Crippen LogP) is 4.91. The van der Waals surface area contributed by atoms with Gasteiger partial charge >= 0.3 is 0 Å². The highest BCUT2D eigenvalue weighted by atomic mass is 35.5. The van der Waals surface area contributed by atoms with Gasteiger partial charge in [-0.15, -0.1) is 0 Å². The number of benzene rings is 1. The Morgan fingerprint density at radius 3 is 2.59 bits per heavy atom. The maximum atomic E-state index is 5.80. The Kier molecular flexibility index (Phi) is 4.64. The van der Waals surface area contributed by atoms with Gasteiger partial charge in [-0.05, 0) is 36.1 Å². The molecule has 0 amide bonds. The van der Waals surface area contributed by atoms with Gasteiger partial charge in [-0.1, -0.05) is 52.7 Å². The minimum atomic E-state index is 0.293. The van der Waals surface area contributed by atoms with Gasteiger partial charge in [0.15, 0.2) is 9.49 Å². The van der Waals surface area contributed by atoms with Crippen LogP contribution in [-0.4, -0.2) is 9.37 Å². The number of aromatic nitrogens is 1. The Bertz CT molecular complexity index is 510. The van der Waals surface area contributed by atoms with Crippen LogP contribution in [0, 0.1) is 0 Å². The molecule has 0 saturated carbocycles. The molecule has 0 spiro atoms. The predicted molar refractivity (Wildman–Crippen MR) is 77.7 cm³/mol. The molecule has 0 atom stereocenters. The fourth-order valence-corrected chi connectivity index (χ4v) is 3.66. The van der Waals surface area contributed by atoms with Crippen LogP contribution in [0.15, 0.2) is 34.7 Å². The second kappa shape index (κ2) is 6.02. The van der Waals surface area contributed by atoms with E-state index in [2.05, 4.69) is 4.98 Å². The smallest absolute Gasteiger partial charge is 0.232 e. The van der Waals surface area contributed by atoms with Crippen LogP contribution in [0.4, 0.5) is 0 Å². The molecule has 0 saturated heterocycles. The van der Waals surface area contributed by atoms with E-state index in [1.165, 1.54) is 23.1 Å². The highest BCUT2D eigenvalue weighted by molar-refractivity contribution is 8.23. The van der Waals surface area contributed by atoms with Crippen molar-refractivity contribution in [3.63, 3.8) is 0 Å². The summed E-state index contributed by atoms with van der Waals surface area (Å²) in [7, 11) is 0. The van der Waals surface area contributed by atoms with Crippen molar-refractivity contribution >= 4 is 62.9 Å². The lowest BCUT2D eigenvalue weighted by molar-refractivity contribution is 0.579. The molecule has 2 rings (SSSR count). The fourth-order valence-electron chi connectivity index (χ4n) is 0.986. The number of thiocarbonyl (C=S) groups is 1. The maximum absolute atomic E-state index is 5.80. The molecule has 2 nitrogen and oxygen atoms in total. The third-order valence-electron chi connectivity index (χ3n) is 1.64. The molecule has 0 fully saturated rings. The second-order valence-electron chi connectivity index (χ2n) is 2.81. The number of para-hydroxylation sites is 1. The van der Waals surface area contributed by atoms with Crippen molar-refractivity contribution in [2.45, 2.75) is 4.34 Å². The standard InChI is InChI=1S/C10H5Cl2NOS3/c11-7-8(12)16-9(13-7)17-10(15)14-6-4-2-1-3-5-6/h1-5H. The summed E-state index contributed by atoms with van der Waals surface area (Å²) >= 11 is 19.1. The summed E-state index contributed by atoms with van der Waals surface area (Å²) in [5.74, 6) is 0.693. The molecular weight excluding hydrogens is 317 g/mol. The first-order valence-electron chi connectivity index (χ1n) is 4.41. The summed E-state index contributed by atoms with van der Waals surface area (Å²) in [6, 6.07) is 9.31. The van der Waals surface area contributed by atoms with E-state index in [1.54, 1.807) is 0 Å². The van der Waals surface area contributed by atoms with E-state index in [4.69, 9.17) is 40.2 Å². The third-order valence-corrected chi connectivity index (χ3v) is 4.52. The van der Waals surface area contributed by atoms with Crippen LogP contribution in [0.5, 0.6) is 5.75 Å². The quantitative estimate of drug-likeness (QED) is 0.579. The Hall–Kier alpha value is -0.330. The molecule has 1 heterocycles. The van der Waals surface area contributed by atoms with Gasteiger partial charge in [-0.2, -0.15) is 0 Å². The summed E-state index contributed by atoms with van der Waals surface area (Å²) in [5.41, 5.74) is 0. The van der Waals surface area contributed by atoms with Crippen LogP contribution in [0.3, 0.4) is 0 Å². The van der Waals surface area contributed by atoms with Crippen LogP contribution >= 0.6 is 58.5 Å². The molecule has 88 valence electrons. The molecule has 0 bridgehead atoms. The first-order valence-corrected chi connectivity index (χ1v) is 7.21. The number of nitrogens with zero attached hydrogens (tertiary/aromatic N) is 1. The van der Waals surface area contributed by atoms with E-state index in [0.717, 1.165) is 0 Å². The molecule has 17 heavy (non-hydrogen) atoms. The SMILES string of the molecule is S=C(Oc1ccccc1)Sc1nc(Cl)c(Cl)s1. The van der Waals surface area contributed by atoms with Crippen molar-refractivity contribution in [1.29, 1.82) is 0 Å². The van der Waals surface area contributed by atoms with Crippen molar-refractivity contribution in [3.05, 3.63) is 39.8 Å². The Morgan fingerprint density at radius 2 is 2.00 bits per heavy atom. The van der Waals surface area contributed by atoms with Gasteiger partial charge < -0.3 is 4.74 Å². The van der Waals surface area contributed by atoms with Crippen molar-refractivity contribution < 1.29 is 4.74 Å². The van der Waals surface area contributed by atoms with Crippen molar-refractivity contribution in [3.8, 4) is 5.75 Å². The number of hydrogen-bond donors (Lipinski definition) is 0. The zero-order valence-corrected chi connectivity index (χ0v) is 12.2. The zero-order chi connectivity index (χ0) is 12.3. The molecule has 7 heteroatoms. The molecule has 0 N–H and O–H groups in total. The van der Waals surface area contributed by atoms with Gasteiger partial charge in [0.1, 0.15) is 10.1 Å². The number of ether oxygens (including phenoxy) is 1. The molecule has 1 aromatic carbocycles. The summed E-state index contributed by atoms with van der Waals surface area (Å²) in [5, 5.41) is 0.293. The summed E-state index contributed by atoms with van der Waals surface area (Å²) in [6.07, 6.45) is 0. The minimum Gasteiger partial charge on any atom is -0.439 e. The molecule has 0 unspecified atom stereocenters. The largest absolute Gasteiger partial charge is 0.439 e. The van der Waals surface area contributed by atoms with E-state index < -0.39 is 0 Å². The fraction of sp³-hybridized carbons (Fsp3) is 0. The number of hydrogen-bond acceptors (Lipinski definition) is 5. The molecule has 0 aliphatic heterocycles. The van der Waals surface area contributed by atoms with Gasteiger partial charge in [-0.3, -0.25) is 0 Å². The maximum Gasteiger partial charge on any atom is 0.232 e. The first-order chi connectivity index (χ1) is 8.15. The van der Waals surface area contributed by atoms with E-state index in [9.17, 15) is 0 Å². The number of thioether (sulfide) groups is 1. The van der Waals surface area contributed by atoms with Crippen LogP contribution in [0.1, 0.15) is 0 Å². The molecule has 0 aliphatic rings. The second-order valence-corrected chi connectivity index (χ2v) is 6.62. The van der Waals surface area contributed by atoms with E-state index in [0.29, 0.717) is 24.0 Å². The zero-order valence-electron chi connectivity index (χ0n) is 8.22. The first kappa shape index (κ1) is 13.1. The molecule has 0 aliphatic carbocycles. The minimum absolute atomic E-state index is 0.293. The van der Waals surface area contributed by atoms with E-state index in [1.807, 2.05) is 30.3 Å². The topological polar surface area (TPSA) is 22.1 Å². The van der Waals surface area contributed by atoms with Gasteiger partial charge in [-0.25, -0.2) is 4.98 Å². The molecule has 1 aromatic heterocycles. The van der Waals surface area contributed by atoms with Crippen molar-refractivity contribution in [2.24, 2.45) is 0 Å².